The molecule has 0 amide bonds. The minimum Gasteiger partial charge on any atom is -0.233 e. The van der Waals surface area contributed by atoms with Gasteiger partial charge in [0.2, 0.25) is 0 Å². The monoisotopic (exact) mass is 444 g/mol. The van der Waals surface area contributed by atoms with Crippen molar-refractivity contribution in [1.82, 2.24) is 0 Å². The number of aliphatic imine (C=N–C) groups is 2. The van der Waals surface area contributed by atoms with Crippen molar-refractivity contribution < 1.29 is 0 Å². The summed E-state index contributed by atoms with van der Waals surface area (Å²) in [6.45, 7) is 10.4. The maximum Gasteiger partial charge on any atom is 0.159 e. The Balaban J connectivity index is 1.91. The average molecular weight is 445 g/mol. The first kappa shape index (κ1) is 24.6. The zero-order valence-electron chi connectivity index (χ0n) is 20.3. The summed E-state index contributed by atoms with van der Waals surface area (Å²) in [6, 6.07) is 28.7. The summed E-state index contributed by atoms with van der Waals surface area (Å²) < 4.78 is 0. The molecule has 2 nitrogen and oxygen atoms in total. The molecule has 3 rings (SSSR count). The molecule has 0 N–H and O–H groups in total. The molecule has 3 aromatic carbocycles. The predicted molar refractivity (Wildman–Crippen MR) is 149 cm³/mol. The van der Waals surface area contributed by atoms with Crippen LogP contribution in [0.2, 0.25) is 0 Å². The fourth-order valence-corrected chi connectivity index (χ4v) is 3.42. The third kappa shape index (κ3) is 7.25. The van der Waals surface area contributed by atoms with Gasteiger partial charge in [-0.05, 0) is 42.5 Å². The summed E-state index contributed by atoms with van der Waals surface area (Å²) in [6.07, 6.45) is 11.3. The molecule has 0 spiro atoms. The van der Waals surface area contributed by atoms with Crippen molar-refractivity contribution in [2.45, 2.75) is 27.2 Å². The van der Waals surface area contributed by atoms with Gasteiger partial charge in [-0.25, -0.2) is 9.98 Å². The van der Waals surface area contributed by atoms with Gasteiger partial charge in [0.15, 0.2) is 5.84 Å². The molecule has 2 heteroatoms. The number of hydrogen-bond acceptors (Lipinski definition) is 1. The molecule has 0 heterocycles. The zero-order chi connectivity index (χ0) is 24.2. The Labute approximate surface area is 204 Å². The first-order chi connectivity index (χ1) is 16.6. The van der Waals surface area contributed by atoms with Gasteiger partial charge in [0, 0.05) is 11.3 Å². The van der Waals surface area contributed by atoms with Crippen molar-refractivity contribution in [3.8, 4) is 0 Å². The molecule has 0 saturated carbocycles. The van der Waals surface area contributed by atoms with Crippen molar-refractivity contribution in [1.29, 1.82) is 0 Å². The minimum absolute atomic E-state index is 0.635. The van der Waals surface area contributed by atoms with Gasteiger partial charge in [0.1, 0.15) is 0 Å². The van der Waals surface area contributed by atoms with Crippen LogP contribution in [0.1, 0.15) is 43.0 Å². The first-order valence-corrected chi connectivity index (χ1v) is 11.6. The van der Waals surface area contributed by atoms with Gasteiger partial charge in [0.05, 0.1) is 5.70 Å². The molecule has 0 aromatic heterocycles. The Morgan fingerprint density at radius 1 is 0.824 bits per heavy atom. The number of nitrogens with zero attached hydrogens (tertiary/aromatic N) is 2. The van der Waals surface area contributed by atoms with Crippen LogP contribution < -0.4 is 0 Å². The number of rotatable bonds is 8. The van der Waals surface area contributed by atoms with E-state index in [9.17, 15) is 0 Å². The fraction of sp³-hybridized carbons (Fsp3) is 0.125. The number of amidine groups is 1. The highest BCUT2D eigenvalue weighted by Gasteiger charge is 2.07. The van der Waals surface area contributed by atoms with E-state index in [1.165, 1.54) is 11.1 Å². The Bertz CT molecular complexity index is 1240. The second kappa shape index (κ2) is 12.9. The third-order valence-electron chi connectivity index (χ3n) is 5.42. The lowest BCUT2D eigenvalue weighted by molar-refractivity contribution is 1.14. The topological polar surface area (TPSA) is 24.7 Å². The molecule has 3 aromatic rings. The fourth-order valence-electron chi connectivity index (χ4n) is 3.42. The molecular weight excluding hydrogens is 412 g/mol. The van der Waals surface area contributed by atoms with Crippen LogP contribution in [0.4, 0.5) is 0 Å². The summed E-state index contributed by atoms with van der Waals surface area (Å²) in [5.74, 6) is 0.635. The third-order valence-corrected chi connectivity index (χ3v) is 5.42. The Kier molecular flexibility index (Phi) is 9.30. The van der Waals surface area contributed by atoms with Crippen molar-refractivity contribution in [3.63, 3.8) is 0 Å². The highest BCUT2D eigenvalue weighted by molar-refractivity contribution is 6.13. The number of hydrogen-bond donors (Lipinski definition) is 0. The van der Waals surface area contributed by atoms with Gasteiger partial charge in [-0.15, -0.1) is 0 Å². The molecule has 0 unspecified atom stereocenters. The smallest absolute Gasteiger partial charge is 0.159 e. The lowest BCUT2D eigenvalue weighted by Gasteiger charge is -2.07. The highest BCUT2D eigenvalue weighted by Crippen LogP contribution is 2.17. The van der Waals surface area contributed by atoms with E-state index in [2.05, 4.69) is 62.1 Å². The van der Waals surface area contributed by atoms with Gasteiger partial charge in [-0.2, -0.15) is 0 Å². The summed E-state index contributed by atoms with van der Waals surface area (Å²) in [5, 5.41) is 0. The molecule has 0 atom stereocenters. The Morgan fingerprint density at radius 2 is 1.50 bits per heavy atom. The molecular formula is C32H32N2. The van der Waals surface area contributed by atoms with Crippen LogP contribution in [-0.4, -0.2) is 11.5 Å². The van der Waals surface area contributed by atoms with Gasteiger partial charge < -0.3 is 0 Å². The molecule has 0 fully saturated rings. The Morgan fingerprint density at radius 3 is 2.15 bits per heavy atom. The quantitative estimate of drug-likeness (QED) is 0.189. The van der Waals surface area contributed by atoms with Gasteiger partial charge in [-0.1, -0.05) is 129 Å². The lowest BCUT2D eigenvalue weighted by atomic mass is 10.1. The summed E-state index contributed by atoms with van der Waals surface area (Å²) >= 11 is 0. The largest absolute Gasteiger partial charge is 0.233 e. The maximum absolute atomic E-state index is 4.91. The van der Waals surface area contributed by atoms with E-state index in [1.807, 2.05) is 80.6 Å². The minimum atomic E-state index is 0.635. The number of aryl methyl sites for hydroxylation is 1. The van der Waals surface area contributed by atoms with Crippen LogP contribution in [-0.2, 0) is 6.42 Å². The van der Waals surface area contributed by atoms with Crippen LogP contribution in [0.25, 0.3) is 11.8 Å². The molecule has 0 aliphatic rings. The van der Waals surface area contributed by atoms with Gasteiger partial charge in [0.25, 0.3) is 0 Å². The molecule has 170 valence electrons. The Hall–Kier alpha value is -4.04. The molecule has 34 heavy (non-hydrogen) atoms. The van der Waals surface area contributed by atoms with Crippen molar-refractivity contribution in [3.05, 3.63) is 144 Å². The number of allylic oxidation sites excluding steroid dienone is 3. The maximum atomic E-state index is 4.91. The zero-order valence-corrected chi connectivity index (χ0v) is 20.3. The second-order valence-corrected chi connectivity index (χ2v) is 7.87. The summed E-state index contributed by atoms with van der Waals surface area (Å²) in [5.41, 5.74) is 7.08. The number of benzene rings is 3. The average Bonchev–Trinajstić information content (AvgIpc) is 2.89. The summed E-state index contributed by atoms with van der Waals surface area (Å²) in [4.78, 5) is 9.74. The van der Waals surface area contributed by atoms with Crippen LogP contribution >= 0.6 is 0 Å². The normalized spacial score (nSPS) is 13.1. The van der Waals surface area contributed by atoms with Crippen LogP contribution in [0, 0.1) is 0 Å². The molecule has 0 saturated heterocycles. The molecule has 0 aliphatic heterocycles. The van der Waals surface area contributed by atoms with Crippen LogP contribution in [0.15, 0.2) is 131 Å². The standard InChI is InChI=1S/C32H32N2/c1-5-27-17-15-18-28(24-27)16-13-14-19-29(6-2)32(33-25(3)30-20-9-7-10-21-30)34-26(4)31-22-11-8-12-23-31/h6-24H,3,5H2,1-2,4H3/b16-13+,19-14-,29-6+,33-32-,34-26+. The molecule has 0 radical (unpaired) electrons. The van der Waals surface area contributed by atoms with E-state index in [4.69, 9.17) is 9.98 Å². The molecule has 0 bridgehead atoms. The van der Waals surface area contributed by atoms with Gasteiger partial charge in [-0.3, -0.25) is 0 Å². The molecule has 0 aliphatic carbocycles. The SMILES string of the molecule is C=C(/N=C(\N=C(/C)c1ccccc1)C(/C=C\C=C\c1cccc(CC)c1)=C/C)c1ccccc1. The summed E-state index contributed by atoms with van der Waals surface area (Å²) in [7, 11) is 0. The van der Waals surface area contributed by atoms with Crippen molar-refractivity contribution in [2.24, 2.45) is 9.98 Å². The van der Waals surface area contributed by atoms with Crippen LogP contribution in [0.3, 0.4) is 0 Å². The van der Waals surface area contributed by atoms with Crippen LogP contribution in [0.5, 0.6) is 0 Å². The van der Waals surface area contributed by atoms with E-state index in [-0.39, 0.29) is 0 Å². The first-order valence-electron chi connectivity index (χ1n) is 11.6. The van der Waals surface area contributed by atoms with Gasteiger partial charge >= 0.3 is 0 Å². The second-order valence-electron chi connectivity index (χ2n) is 7.87. The van der Waals surface area contributed by atoms with E-state index in [0.29, 0.717) is 11.5 Å². The highest BCUT2D eigenvalue weighted by atomic mass is 14.9. The predicted octanol–water partition coefficient (Wildman–Crippen LogP) is 8.34. The van der Waals surface area contributed by atoms with E-state index in [1.54, 1.807) is 0 Å². The van der Waals surface area contributed by atoms with E-state index >= 15 is 0 Å². The van der Waals surface area contributed by atoms with Crippen molar-refractivity contribution >= 4 is 23.3 Å². The van der Waals surface area contributed by atoms with E-state index < -0.39 is 0 Å². The lowest BCUT2D eigenvalue weighted by Crippen LogP contribution is -2.04. The van der Waals surface area contributed by atoms with Crippen molar-refractivity contribution in [2.75, 3.05) is 0 Å². The van der Waals surface area contributed by atoms with E-state index in [0.717, 1.165) is 28.8 Å².